The number of benzene rings is 1. The molecule has 3 heterocycles. The monoisotopic (exact) mass is 466 g/mol. The molecule has 1 fully saturated rings. The number of hydrogen-bond donors (Lipinski definition) is 3. The molecule has 1 saturated heterocycles. The summed E-state index contributed by atoms with van der Waals surface area (Å²) in [6, 6.07) is 13.2. The van der Waals surface area contributed by atoms with Gasteiger partial charge in [0, 0.05) is 56.3 Å². The lowest BCUT2D eigenvalue weighted by molar-refractivity contribution is -0.384. The van der Waals surface area contributed by atoms with Crippen LogP contribution in [0.1, 0.15) is 18.5 Å². The van der Waals surface area contributed by atoms with Gasteiger partial charge in [-0.25, -0.2) is 9.37 Å². The topological polar surface area (TPSA) is 116 Å². The van der Waals surface area contributed by atoms with E-state index in [0.29, 0.717) is 36.7 Å². The lowest BCUT2D eigenvalue weighted by atomic mass is 9.98. The summed E-state index contributed by atoms with van der Waals surface area (Å²) >= 11 is 0. The number of aliphatic hydroxyl groups is 1. The van der Waals surface area contributed by atoms with Gasteiger partial charge in [0.2, 0.25) is 5.82 Å². The van der Waals surface area contributed by atoms with Crippen LogP contribution in [0.2, 0.25) is 0 Å². The quantitative estimate of drug-likeness (QED) is 0.318. The van der Waals surface area contributed by atoms with Gasteiger partial charge in [-0.05, 0) is 55.2 Å². The first-order chi connectivity index (χ1) is 16.5. The minimum atomic E-state index is -0.527. The van der Waals surface area contributed by atoms with Crippen LogP contribution in [0.4, 0.5) is 33.1 Å². The summed E-state index contributed by atoms with van der Waals surface area (Å²) in [6.07, 6.45) is 4.21. The average Bonchev–Trinajstić information content (AvgIpc) is 2.85. The Balaban J connectivity index is 1.47. The number of nitrogens with one attached hydrogen (secondary N) is 2. The molecule has 34 heavy (non-hydrogen) atoms. The molecule has 3 N–H and O–H groups in total. The number of aliphatic hydroxyl groups excluding tert-OH is 1. The van der Waals surface area contributed by atoms with Crippen LogP contribution in [0.25, 0.3) is 0 Å². The summed E-state index contributed by atoms with van der Waals surface area (Å²) in [5.74, 6) is 0.185. The van der Waals surface area contributed by atoms with E-state index in [0.717, 1.165) is 25.1 Å². The molecule has 3 aromatic rings. The van der Waals surface area contributed by atoms with E-state index in [-0.39, 0.29) is 24.0 Å². The van der Waals surface area contributed by atoms with Crippen LogP contribution >= 0.6 is 0 Å². The zero-order chi connectivity index (χ0) is 23.9. The van der Waals surface area contributed by atoms with Crippen molar-refractivity contribution in [2.45, 2.75) is 19.3 Å². The van der Waals surface area contributed by atoms with E-state index >= 15 is 0 Å². The van der Waals surface area contributed by atoms with Gasteiger partial charge in [-0.3, -0.25) is 15.1 Å². The average molecular weight is 467 g/mol. The minimum absolute atomic E-state index is 0.0262. The van der Waals surface area contributed by atoms with Crippen molar-refractivity contribution >= 4 is 28.7 Å². The van der Waals surface area contributed by atoms with Crippen LogP contribution in [0.3, 0.4) is 0 Å². The van der Waals surface area contributed by atoms with Crippen molar-refractivity contribution in [2.24, 2.45) is 5.92 Å². The van der Waals surface area contributed by atoms with Gasteiger partial charge in [0.1, 0.15) is 11.6 Å². The van der Waals surface area contributed by atoms with Gasteiger partial charge in [-0.15, -0.1) is 0 Å². The molecule has 178 valence electrons. The summed E-state index contributed by atoms with van der Waals surface area (Å²) in [5.41, 5.74) is 1.53. The predicted molar refractivity (Wildman–Crippen MR) is 129 cm³/mol. The third kappa shape index (κ3) is 5.76. The molecule has 1 atom stereocenters. The normalized spacial score (nSPS) is 15.7. The largest absolute Gasteiger partial charge is 0.396 e. The third-order valence-electron chi connectivity index (χ3n) is 5.81. The fourth-order valence-electron chi connectivity index (χ4n) is 4.06. The van der Waals surface area contributed by atoms with Crippen molar-refractivity contribution < 1.29 is 14.4 Å². The molecule has 0 saturated carbocycles. The van der Waals surface area contributed by atoms with Crippen molar-refractivity contribution in [3.63, 3.8) is 0 Å². The maximum Gasteiger partial charge on any atom is 0.311 e. The van der Waals surface area contributed by atoms with Crippen molar-refractivity contribution in [2.75, 3.05) is 41.8 Å². The van der Waals surface area contributed by atoms with E-state index in [9.17, 15) is 19.6 Å². The summed E-state index contributed by atoms with van der Waals surface area (Å²) in [5, 5.41) is 27.0. The number of nitro groups is 1. The van der Waals surface area contributed by atoms with E-state index in [1.165, 1.54) is 12.1 Å². The number of aromatic nitrogens is 2. The highest BCUT2D eigenvalue weighted by Gasteiger charge is 2.22. The second kappa shape index (κ2) is 10.9. The Hall–Kier alpha value is -3.79. The summed E-state index contributed by atoms with van der Waals surface area (Å²) in [7, 11) is 0. The SMILES string of the molecule is O=[N+]([O-])c1ccc(NCCc2ccccn2)nc1Nc1ccc(N2CCCC(CO)C2)c(F)c1. The van der Waals surface area contributed by atoms with Crippen LogP contribution in [0.15, 0.2) is 54.7 Å². The maximum atomic E-state index is 14.9. The Morgan fingerprint density at radius 2 is 2.12 bits per heavy atom. The van der Waals surface area contributed by atoms with E-state index in [4.69, 9.17) is 0 Å². The predicted octanol–water partition coefficient (Wildman–Crippen LogP) is 4.13. The van der Waals surface area contributed by atoms with Crippen LogP contribution in [-0.4, -0.2) is 46.2 Å². The van der Waals surface area contributed by atoms with Gasteiger partial charge in [0.25, 0.3) is 0 Å². The summed E-state index contributed by atoms with van der Waals surface area (Å²) in [4.78, 5) is 21.5. The lowest BCUT2D eigenvalue weighted by Crippen LogP contribution is -2.37. The lowest BCUT2D eigenvalue weighted by Gasteiger charge is -2.33. The van der Waals surface area contributed by atoms with Crippen LogP contribution < -0.4 is 15.5 Å². The van der Waals surface area contributed by atoms with Crippen molar-refractivity contribution in [3.8, 4) is 0 Å². The fourth-order valence-corrected chi connectivity index (χ4v) is 4.06. The Labute approximate surface area is 196 Å². The first-order valence-electron chi connectivity index (χ1n) is 11.2. The van der Waals surface area contributed by atoms with Gasteiger partial charge < -0.3 is 20.6 Å². The Kier molecular flexibility index (Phi) is 7.48. The second-order valence-electron chi connectivity index (χ2n) is 8.25. The van der Waals surface area contributed by atoms with Crippen molar-refractivity contribution in [1.82, 2.24) is 9.97 Å². The Morgan fingerprint density at radius 1 is 1.24 bits per heavy atom. The molecule has 10 heteroatoms. The molecule has 1 aromatic carbocycles. The molecule has 0 aliphatic carbocycles. The highest BCUT2D eigenvalue weighted by Crippen LogP contribution is 2.31. The molecule has 0 amide bonds. The number of rotatable bonds is 9. The first-order valence-corrected chi connectivity index (χ1v) is 11.2. The van der Waals surface area contributed by atoms with Crippen molar-refractivity contribution in [1.29, 1.82) is 0 Å². The fraction of sp³-hybridized carbons (Fsp3) is 0.333. The highest BCUT2D eigenvalue weighted by molar-refractivity contribution is 5.69. The van der Waals surface area contributed by atoms with Crippen LogP contribution in [0, 0.1) is 21.8 Å². The van der Waals surface area contributed by atoms with Gasteiger partial charge in [0.15, 0.2) is 0 Å². The number of anilines is 4. The van der Waals surface area contributed by atoms with Crippen LogP contribution in [-0.2, 0) is 6.42 Å². The van der Waals surface area contributed by atoms with E-state index in [1.807, 2.05) is 23.1 Å². The maximum absolute atomic E-state index is 14.9. The number of nitrogens with zero attached hydrogens (tertiary/aromatic N) is 4. The minimum Gasteiger partial charge on any atom is -0.396 e. The number of hydrogen-bond acceptors (Lipinski definition) is 8. The third-order valence-corrected chi connectivity index (χ3v) is 5.81. The molecule has 0 bridgehead atoms. The van der Waals surface area contributed by atoms with Gasteiger partial charge in [-0.1, -0.05) is 6.07 Å². The Bertz CT molecular complexity index is 1130. The van der Waals surface area contributed by atoms with Gasteiger partial charge in [0.05, 0.1) is 10.6 Å². The number of halogens is 1. The smallest absolute Gasteiger partial charge is 0.311 e. The Morgan fingerprint density at radius 3 is 2.85 bits per heavy atom. The molecule has 0 spiro atoms. The molecule has 1 unspecified atom stereocenters. The zero-order valence-corrected chi connectivity index (χ0v) is 18.7. The van der Waals surface area contributed by atoms with Gasteiger partial charge in [-0.2, -0.15) is 0 Å². The molecule has 1 aliphatic rings. The van der Waals surface area contributed by atoms with E-state index in [1.54, 1.807) is 24.4 Å². The first kappa shape index (κ1) is 23.4. The molecule has 1 aliphatic heterocycles. The number of pyridine rings is 2. The molecule has 9 nitrogen and oxygen atoms in total. The zero-order valence-electron chi connectivity index (χ0n) is 18.7. The van der Waals surface area contributed by atoms with Crippen molar-refractivity contribution in [3.05, 3.63) is 76.4 Å². The standard InChI is InChI=1S/C24H27FN6O3/c25-20-14-19(6-7-21(20)30-13-3-4-17(15-30)16-32)28-24-22(31(33)34)8-9-23(29-24)27-12-10-18-5-1-2-11-26-18/h1-2,5-9,11,14,17,32H,3-4,10,12-13,15-16H2,(H2,27,28,29). The van der Waals surface area contributed by atoms with Gasteiger partial charge >= 0.3 is 5.69 Å². The summed E-state index contributed by atoms with van der Waals surface area (Å²) in [6.45, 7) is 1.95. The van der Waals surface area contributed by atoms with Crippen LogP contribution in [0.5, 0.6) is 0 Å². The molecular formula is C24H27FN6O3. The second-order valence-corrected chi connectivity index (χ2v) is 8.25. The summed E-state index contributed by atoms with van der Waals surface area (Å²) < 4.78 is 14.9. The van der Waals surface area contributed by atoms with E-state index < -0.39 is 10.7 Å². The molecule has 4 rings (SSSR count). The molecule has 2 aromatic heterocycles. The molecular weight excluding hydrogens is 439 g/mol. The van der Waals surface area contributed by atoms with E-state index in [2.05, 4.69) is 20.6 Å². The molecule has 0 radical (unpaired) electrons. The number of piperidine rings is 1. The highest BCUT2D eigenvalue weighted by atomic mass is 19.1.